The van der Waals surface area contributed by atoms with E-state index >= 15 is 0 Å². The number of rotatable bonds is 15. The van der Waals surface area contributed by atoms with Crippen LogP contribution in [-0.4, -0.2) is 75.9 Å². The number of hydrogen-bond acceptors (Lipinski definition) is 8. The van der Waals surface area contributed by atoms with E-state index in [1.807, 2.05) is 0 Å². The second-order valence-corrected chi connectivity index (χ2v) is 6.92. The summed E-state index contributed by atoms with van der Waals surface area (Å²) < 4.78 is 0. The van der Waals surface area contributed by atoms with Crippen LogP contribution in [-0.2, 0) is 33.6 Å². The number of nitrogens with one attached hydrogen (secondary N) is 3. The normalized spacial score (nSPS) is 14.2. The minimum atomic E-state index is -1.54. The lowest BCUT2D eigenvalue weighted by Crippen LogP contribution is -2.57. The Morgan fingerprint density at radius 2 is 1.19 bits per heavy atom. The van der Waals surface area contributed by atoms with Crippen LogP contribution in [0.3, 0.4) is 0 Å². The van der Waals surface area contributed by atoms with Gasteiger partial charge in [0, 0.05) is 12.8 Å². The Hall–Kier alpha value is -3.75. The number of carbonyl (C=O) groups excluding carboxylic acids is 5. The highest BCUT2D eigenvalue weighted by atomic mass is 16.4. The van der Waals surface area contributed by atoms with E-state index < -0.39 is 84.9 Å². The van der Waals surface area contributed by atoms with Crippen LogP contribution in [0.1, 0.15) is 39.0 Å². The van der Waals surface area contributed by atoms with Gasteiger partial charge < -0.3 is 43.4 Å². The van der Waals surface area contributed by atoms with Gasteiger partial charge in [0.05, 0.1) is 12.5 Å². The lowest BCUT2D eigenvalue weighted by Gasteiger charge is -2.24. The first kappa shape index (κ1) is 28.2. The molecule has 0 aliphatic carbocycles. The molecule has 0 aromatic rings. The number of aliphatic carboxylic acids is 2. The fraction of sp³-hybridized carbons (Fsp3) is 0.588. The maximum Gasteiger partial charge on any atom is 0.326 e. The summed E-state index contributed by atoms with van der Waals surface area (Å²) in [6.07, 6.45) is -2.37. The molecule has 0 aliphatic heterocycles. The van der Waals surface area contributed by atoms with Crippen molar-refractivity contribution in [2.24, 2.45) is 17.2 Å². The van der Waals surface area contributed by atoms with E-state index in [1.165, 1.54) is 6.92 Å². The van der Waals surface area contributed by atoms with Crippen LogP contribution < -0.4 is 33.2 Å². The van der Waals surface area contributed by atoms with Crippen molar-refractivity contribution in [3.05, 3.63) is 0 Å². The van der Waals surface area contributed by atoms with Gasteiger partial charge in [-0.05, 0) is 19.8 Å². The molecule has 0 radical (unpaired) electrons. The molecule has 0 aromatic heterocycles. The lowest BCUT2D eigenvalue weighted by atomic mass is 10.1. The summed E-state index contributed by atoms with van der Waals surface area (Å²) in [5.74, 6) is -7.46. The third-order valence-electron chi connectivity index (χ3n) is 4.03. The molecule has 5 amide bonds. The summed E-state index contributed by atoms with van der Waals surface area (Å²) in [5.41, 5.74) is 15.4. The van der Waals surface area contributed by atoms with E-state index in [0.29, 0.717) is 0 Å². The molecule has 0 saturated carbocycles. The third kappa shape index (κ3) is 11.4. The van der Waals surface area contributed by atoms with Gasteiger partial charge in [-0.15, -0.1) is 0 Å². The van der Waals surface area contributed by atoms with Gasteiger partial charge in [0.15, 0.2) is 0 Å². The standard InChI is InChI=1S/C17H28N6O9/c1-7(18)14(28)23-10(6-12(20)25)16(30)21-8(3-5-13(26)27)15(29)22-9(17(31)32)2-4-11(19)24/h7-10H,2-6,18H2,1H3,(H2,19,24)(H2,20,25)(H,21,30)(H,22,29)(H,23,28)(H,26,27)(H,31,32). The maximum absolute atomic E-state index is 12.6. The van der Waals surface area contributed by atoms with Gasteiger partial charge in [-0.3, -0.25) is 28.8 Å². The molecular weight excluding hydrogens is 432 g/mol. The molecule has 0 spiro atoms. The quantitative estimate of drug-likeness (QED) is 0.117. The smallest absolute Gasteiger partial charge is 0.326 e. The van der Waals surface area contributed by atoms with Gasteiger partial charge in [-0.1, -0.05) is 0 Å². The van der Waals surface area contributed by atoms with Crippen molar-refractivity contribution in [3.8, 4) is 0 Å². The molecule has 4 atom stereocenters. The molecule has 0 saturated heterocycles. The molecule has 32 heavy (non-hydrogen) atoms. The SMILES string of the molecule is CC(N)C(=O)NC(CC(N)=O)C(=O)NC(CCC(=O)O)C(=O)NC(CCC(N)=O)C(=O)O. The van der Waals surface area contributed by atoms with Gasteiger partial charge >= 0.3 is 11.9 Å². The van der Waals surface area contributed by atoms with E-state index in [1.54, 1.807) is 0 Å². The van der Waals surface area contributed by atoms with Gasteiger partial charge in [-0.25, -0.2) is 4.79 Å². The van der Waals surface area contributed by atoms with Crippen LogP contribution in [0.25, 0.3) is 0 Å². The summed E-state index contributed by atoms with van der Waals surface area (Å²) >= 11 is 0. The Bertz CT molecular complexity index is 755. The maximum atomic E-state index is 12.6. The van der Waals surface area contributed by atoms with Crippen molar-refractivity contribution in [2.75, 3.05) is 0 Å². The largest absolute Gasteiger partial charge is 0.481 e. The molecule has 0 aliphatic rings. The van der Waals surface area contributed by atoms with Gasteiger partial charge in [-0.2, -0.15) is 0 Å². The second kappa shape index (κ2) is 13.5. The van der Waals surface area contributed by atoms with E-state index in [4.69, 9.17) is 22.3 Å². The van der Waals surface area contributed by atoms with Gasteiger partial charge in [0.2, 0.25) is 29.5 Å². The Balaban J connectivity index is 5.52. The highest BCUT2D eigenvalue weighted by Gasteiger charge is 2.31. The van der Waals surface area contributed by atoms with Gasteiger partial charge in [0.1, 0.15) is 18.1 Å². The average Bonchev–Trinajstić information content (AvgIpc) is 2.66. The van der Waals surface area contributed by atoms with Crippen molar-refractivity contribution in [3.63, 3.8) is 0 Å². The van der Waals surface area contributed by atoms with Crippen molar-refractivity contribution < 1.29 is 43.8 Å². The molecule has 0 heterocycles. The lowest BCUT2D eigenvalue weighted by molar-refractivity contribution is -0.143. The number of amides is 5. The predicted molar refractivity (Wildman–Crippen MR) is 106 cm³/mol. The Labute approximate surface area is 182 Å². The van der Waals surface area contributed by atoms with Crippen LogP contribution in [0, 0.1) is 0 Å². The van der Waals surface area contributed by atoms with Crippen LogP contribution in [0.15, 0.2) is 0 Å². The summed E-state index contributed by atoms with van der Waals surface area (Å²) in [5, 5.41) is 24.5. The van der Waals surface area contributed by atoms with E-state index in [0.717, 1.165) is 0 Å². The number of carboxylic acid groups (broad SMARTS) is 2. The fourth-order valence-corrected chi connectivity index (χ4v) is 2.34. The third-order valence-corrected chi connectivity index (χ3v) is 4.03. The van der Waals surface area contributed by atoms with Crippen LogP contribution in [0.2, 0.25) is 0 Å². The summed E-state index contributed by atoms with van der Waals surface area (Å²) in [7, 11) is 0. The first-order chi connectivity index (χ1) is 14.7. The fourth-order valence-electron chi connectivity index (χ4n) is 2.34. The molecule has 11 N–H and O–H groups in total. The Morgan fingerprint density at radius 3 is 1.62 bits per heavy atom. The number of nitrogens with two attached hydrogens (primary N) is 3. The monoisotopic (exact) mass is 460 g/mol. The first-order valence-corrected chi connectivity index (χ1v) is 9.42. The molecule has 0 rings (SSSR count). The zero-order chi connectivity index (χ0) is 25.0. The van der Waals surface area contributed by atoms with Crippen molar-refractivity contribution >= 4 is 41.5 Å². The molecule has 4 unspecified atom stereocenters. The number of hydrogen-bond donors (Lipinski definition) is 8. The predicted octanol–water partition coefficient (Wildman–Crippen LogP) is -4.12. The summed E-state index contributed by atoms with van der Waals surface area (Å²) in [4.78, 5) is 81.2. The highest BCUT2D eigenvalue weighted by Crippen LogP contribution is 2.04. The van der Waals surface area contributed by atoms with Crippen LogP contribution in [0.4, 0.5) is 0 Å². The first-order valence-electron chi connectivity index (χ1n) is 9.42. The van der Waals surface area contributed by atoms with E-state index in [2.05, 4.69) is 16.0 Å². The van der Waals surface area contributed by atoms with E-state index in [9.17, 15) is 38.7 Å². The molecule has 0 aromatic carbocycles. The number of primary amides is 2. The topological polar surface area (TPSA) is 274 Å². The zero-order valence-corrected chi connectivity index (χ0v) is 17.3. The number of carboxylic acids is 2. The summed E-state index contributed by atoms with van der Waals surface area (Å²) in [6.45, 7) is 1.32. The van der Waals surface area contributed by atoms with Crippen molar-refractivity contribution in [2.45, 2.75) is 63.2 Å². The Morgan fingerprint density at radius 1 is 0.719 bits per heavy atom. The van der Waals surface area contributed by atoms with Crippen LogP contribution >= 0.6 is 0 Å². The van der Waals surface area contributed by atoms with Crippen LogP contribution in [0.5, 0.6) is 0 Å². The minimum absolute atomic E-state index is 0.343. The van der Waals surface area contributed by atoms with Crippen molar-refractivity contribution in [1.82, 2.24) is 16.0 Å². The van der Waals surface area contributed by atoms with Gasteiger partial charge in [0.25, 0.3) is 0 Å². The molecule has 15 nitrogen and oxygen atoms in total. The molecular formula is C17H28N6O9. The summed E-state index contributed by atoms with van der Waals surface area (Å²) in [6, 6.07) is -5.64. The van der Waals surface area contributed by atoms with E-state index in [-0.39, 0.29) is 12.8 Å². The molecule has 0 fully saturated rings. The molecule has 0 bridgehead atoms. The minimum Gasteiger partial charge on any atom is -0.481 e. The molecule has 15 heteroatoms. The Kier molecular flexibility index (Phi) is 11.9. The second-order valence-electron chi connectivity index (χ2n) is 6.92. The average molecular weight is 460 g/mol. The number of carbonyl (C=O) groups is 7. The zero-order valence-electron chi connectivity index (χ0n) is 17.3. The van der Waals surface area contributed by atoms with Crippen molar-refractivity contribution in [1.29, 1.82) is 0 Å². The molecule has 180 valence electrons. The highest BCUT2D eigenvalue weighted by molar-refractivity contribution is 5.96.